The van der Waals surface area contributed by atoms with E-state index in [0.717, 1.165) is 0 Å². The number of carbonyl (C=O) groups excluding carboxylic acids is 1. The largest absolute Gasteiger partial charge is 0.483 e. The van der Waals surface area contributed by atoms with Gasteiger partial charge in [0.15, 0.2) is 0 Å². The van der Waals surface area contributed by atoms with Crippen molar-refractivity contribution < 1.29 is 14.7 Å². The number of hydrogen-bond donors (Lipinski definition) is 2. The lowest BCUT2D eigenvalue weighted by atomic mass is 10.7. The molecule has 0 aliphatic carbocycles. The van der Waals surface area contributed by atoms with Gasteiger partial charge in [0.25, 0.3) is 6.47 Å². The van der Waals surface area contributed by atoms with Gasteiger partial charge in [0.1, 0.15) is 0 Å². The standard InChI is InChI=1S/C4H4S.C2H3NO.C2H4.CH2O2/c1-2-4-5-3-1;4-2-1-3-2;1-2;2-1-3/h1-4H;1H2,(H,3,4);1-2H2;1H,(H,2,3). The monoisotopic (exact) mass is 215 g/mol. The predicted molar refractivity (Wildman–Crippen MR) is 57.3 cm³/mol. The Morgan fingerprint density at radius 2 is 1.71 bits per heavy atom. The molecule has 0 saturated carbocycles. The van der Waals surface area contributed by atoms with E-state index in [4.69, 9.17) is 9.90 Å². The molecule has 0 radical (unpaired) electrons. The summed E-state index contributed by atoms with van der Waals surface area (Å²) in [6.07, 6.45) is 0. The van der Waals surface area contributed by atoms with E-state index in [1.165, 1.54) is 0 Å². The van der Waals surface area contributed by atoms with Crippen LogP contribution < -0.4 is 5.32 Å². The second-order valence-electron chi connectivity index (χ2n) is 1.68. The zero-order chi connectivity index (χ0) is 11.2. The van der Waals surface area contributed by atoms with Crippen LogP contribution in [0.4, 0.5) is 0 Å². The third kappa shape index (κ3) is 22.4. The summed E-state index contributed by atoms with van der Waals surface area (Å²) in [6, 6.07) is 4.04. The highest BCUT2D eigenvalue weighted by molar-refractivity contribution is 7.07. The van der Waals surface area contributed by atoms with E-state index < -0.39 is 0 Å². The van der Waals surface area contributed by atoms with Crippen molar-refractivity contribution in [3.63, 3.8) is 0 Å². The number of thiophene rings is 1. The van der Waals surface area contributed by atoms with Crippen molar-refractivity contribution in [3.05, 3.63) is 36.1 Å². The van der Waals surface area contributed by atoms with Crippen LogP contribution in [0.5, 0.6) is 0 Å². The summed E-state index contributed by atoms with van der Waals surface area (Å²) >= 11 is 1.71. The van der Waals surface area contributed by atoms with E-state index in [0.29, 0.717) is 6.54 Å². The molecule has 0 spiro atoms. The van der Waals surface area contributed by atoms with Crippen LogP contribution in [0.25, 0.3) is 0 Å². The number of hydrogen-bond acceptors (Lipinski definition) is 3. The maximum absolute atomic E-state index is 9.44. The number of nitrogens with one attached hydrogen (secondary N) is 1. The Kier molecular flexibility index (Phi) is 14.8. The summed E-state index contributed by atoms with van der Waals surface area (Å²) in [7, 11) is 0. The number of amides is 1. The fourth-order valence-electron chi connectivity index (χ4n) is 0.263. The second-order valence-corrected chi connectivity index (χ2v) is 2.49. The van der Waals surface area contributed by atoms with Crippen molar-refractivity contribution in [2.75, 3.05) is 6.54 Å². The van der Waals surface area contributed by atoms with Crippen LogP contribution in [-0.2, 0) is 9.59 Å². The minimum absolute atomic E-state index is 0.167. The van der Waals surface area contributed by atoms with Crippen LogP contribution in [0.1, 0.15) is 0 Å². The van der Waals surface area contributed by atoms with Gasteiger partial charge in [-0.25, -0.2) is 0 Å². The van der Waals surface area contributed by atoms with E-state index in [1.54, 1.807) is 11.3 Å². The highest BCUT2D eigenvalue weighted by Crippen LogP contribution is 1.91. The molecule has 1 aliphatic rings. The van der Waals surface area contributed by atoms with Crippen LogP contribution in [0.3, 0.4) is 0 Å². The van der Waals surface area contributed by atoms with Crippen molar-refractivity contribution in [1.82, 2.24) is 5.32 Å². The van der Waals surface area contributed by atoms with Gasteiger partial charge in [0.2, 0.25) is 5.91 Å². The topological polar surface area (TPSA) is 76.3 Å². The molecule has 0 unspecified atom stereocenters. The Morgan fingerprint density at radius 3 is 1.79 bits per heavy atom. The molecule has 5 heteroatoms. The molecule has 1 saturated heterocycles. The van der Waals surface area contributed by atoms with Gasteiger partial charge in [-0.05, 0) is 10.8 Å². The molecule has 0 atom stereocenters. The molecule has 0 bridgehead atoms. The molecule has 2 rings (SSSR count). The van der Waals surface area contributed by atoms with Crippen molar-refractivity contribution in [2.45, 2.75) is 0 Å². The van der Waals surface area contributed by atoms with Crippen LogP contribution in [-0.4, -0.2) is 24.0 Å². The van der Waals surface area contributed by atoms with Gasteiger partial charge in [0.05, 0.1) is 6.54 Å². The summed E-state index contributed by atoms with van der Waals surface area (Å²) in [5, 5.41) is 13.4. The van der Waals surface area contributed by atoms with Gasteiger partial charge < -0.3 is 10.4 Å². The van der Waals surface area contributed by atoms with Gasteiger partial charge in [-0.15, -0.1) is 13.2 Å². The fourth-order valence-corrected chi connectivity index (χ4v) is 0.716. The molecular formula is C9H13NO3S. The summed E-state index contributed by atoms with van der Waals surface area (Å²) in [6.45, 7) is 6.35. The summed E-state index contributed by atoms with van der Waals surface area (Å²) < 4.78 is 0. The molecule has 2 heterocycles. The fraction of sp³-hybridized carbons (Fsp3) is 0.111. The third-order valence-electron chi connectivity index (χ3n) is 0.746. The lowest BCUT2D eigenvalue weighted by molar-refractivity contribution is -0.122. The van der Waals surface area contributed by atoms with Gasteiger partial charge in [-0.1, -0.05) is 12.1 Å². The van der Waals surface area contributed by atoms with E-state index >= 15 is 0 Å². The number of rotatable bonds is 0. The zero-order valence-electron chi connectivity index (χ0n) is 7.68. The van der Waals surface area contributed by atoms with Gasteiger partial charge in [-0.2, -0.15) is 11.3 Å². The molecule has 1 aliphatic heterocycles. The van der Waals surface area contributed by atoms with Gasteiger partial charge >= 0.3 is 0 Å². The van der Waals surface area contributed by atoms with Crippen LogP contribution in [0.15, 0.2) is 36.1 Å². The van der Waals surface area contributed by atoms with Crippen molar-refractivity contribution in [1.29, 1.82) is 0 Å². The first kappa shape index (κ1) is 14.9. The second kappa shape index (κ2) is 13.9. The molecule has 78 valence electrons. The third-order valence-corrected chi connectivity index (χ3v) is 1.38. The molecule has 1 fully saturated rings. The SMILES string of the molecule is C=C.O=C1CN1.O=CO.c1ccsc1. The van der Waals surface area contributed by atoms with Crippen molar-refractivity contribution >= 4 is 23.7 Å². The highest BCUT2D eigenvalue weighted by atomic mass is 32.1. The summed E-state index contributed by atoms with van der Waals surface area (Å²) in [5.74, 6) is 0.167. The molecule has 1 aromatic rings. The van der Waals surface area contributed by atoms with Gasteiger partial charge in [-0.3, -0.25) is 9.59 Å². The molecular weight excluding hydrogens is 202 g/mol. The maximum atomic E-state index is 9.44. The minimum atomic E-state index is -0.250. The van der Waals surface area contributed by atoms with Gasteiger partial charge in [0, 0.05) is 0 Å². The molecule has 4 nitrogen and oxygen atoms in total. The Bertz CT molecular complexity index is 201. The van der Waals surface area contributed by atoms with Crippen LogP contribution >= 0.6 is 11.3 Å². The number of carbonyl (C=O) groups is 2. The molecule has 0 aromatic carbocycles. The smallest absolute Gasteiger partial charge is 0.290 e. The Labute approximate surface area is 86.9 Å². The minimum Gasteiger partial charge on any atom is -0.483 e. The van der Waals surface area contributed by atoms with Crippen molar-refractivity contribution in [2.24, 2.45) is 0 Å². The van der Waals surface area contributed by atoms with E-state index in [9.17, 15) is 4.79 Å². The molecule has 1 amide bonds. The lowest BCUT2D eigenvalue weighted by Gasteiger charge is -1.39. The van der Waals surface area contributed by atoms with Crippen molar-refractivity contribution in [3.8, 4) is 0 Å². The highest BCUT2D eigenvalue weighted by Gasteiger charge is 2.10. The zero-order valence-corrected chi connectivity index (χ0v) is 8.50. The molecule has 14 heavy (non-hydrogen) atoms. The Balaban J connectivity index is 0. The van der Waals surface area contributed by atoms with E-state index in [1.807, 2.05) is 22.9 Å². The average molecular weight is 215 g/mol. The first-order valence-electron chi connectivity index (χ1n) is 3.63. The molecule has 1 aromatic heterocycles. The lowest BCUT2D eigenvalue weighted by Crippen LogP contribution is -1.66. The first-order valence-corrected chi connectivity index (χ1v) is 4.57. The Hall–Kier alpha value is -1.62. The number of carboxylic acid groups (broad SMARTS) is 1. The average Bonchev–Trinajstić information content (AvgIpc) is 2.81. The van der Waals surface area contributed by atoms with E-state index in [-0.39, 0.29) is 12.4 Å². The normalized spacial score (nSPS) is 9.57. The first-order chi connectivity index (χ1) is 6.81. The van der Waals surface area contributed by atoms with Crippen LogP contribution in [0, 0.1) is 0 Å². The summed E-state index contributed by atoms with van der Waals surface area (Å²) in [4.78, 5) is 17.8. The maximum Gasteiger partial charge on any atom is 0.290 e. The van der Waals surface area contributed by atoms with E-state index in [2.05, 4.69) is 18.5 Å². The molecule has 2 N–H and O–H groups in total. The quantitative estimate of drug-likeness (QED) is 0.390. The summed E-state index contributed by atoms with van der Waals surface area (Å²) in [5.41, 5.74) is 0. The Morgan fingerprint density at radius 1 is 1.43 bits per heavy atom. The van der Waals surface area contributed by atoms with Crippen LogP contribution in [0.2, 0.25) is 0 Å². The predicted octanol–water partition coefficient (Wildman–Crippen LogP) is 1.37.